The van der Waals surface area contributed by atoms with Crippen molar-refractivity contribution in [2.24, 2.45) is 11.8 Å². The maximum atomic E-state index is 2.41. The Kier molecular flexibility index (Phi) is 3.96. The molecule has 1 saturated carbocycles. The summed E-state index contributed by atoms with van der Waals surface area (Å²) in [6.45, 7) is 4.76. The molecule has 0 saturated heterocycles. The quantitative estimate of drug-likeness (QED) is 0.535. The molecule has 0 bridgehead atoms. The Balaban J connectivity index is 2.25. The molecule has 11 heavy (non-hydrogen) atoms. The molecule has 0 spiro atoms. The second-order valence-electron chi connectivity index (χ2n) is 4.24. The number of rotatable bonds is 1. The van der Waals surface area contributed by atoms with Crippen molar-refractivity contribution in [3.63, 3.8) is 0 Å². The summed E-state index contributed by atoms with van der Waals surface area (Å²) in [5.74, 6) is 2.06. The standard InChI is InChI=1S/C11H22/c1-3-11-7-5-4-6-10(2)8-9-11/h10-11H,3-9H2,1-2H3. The van der Waals surface area contributed by atoms with Crippen LogP contribution < -0.4 is 0 Å². The van der Waals surface area contributed by atoms with Crippen molar-refractivity contribution in [3.8, 4) is 0 Å². The zero-order valence-corrected chi connectivity index (χ0v) is 8.10. The van der Waals surface area contributed by atoms with E-state index in [1.807, 2.05) is 0 Å². The lowest BCUT2D eigenvalue weighted by atomic mass is 9.85. The summed E-state index contributed by atoms with van der Waals surface area (Å²) in [5, 5.41) is 0. The largest absolute Gasteiger partial charge is 0.0651 e. The van der Waals surface area contributed by atoms with Crippen molar-refractivity contribution < 1.29 is 0 Å². The van der Waals surface area contributed by atoms with E-state index < -0.39 is 0 Å². The minimum Gasteiger partial charge on any atom is -0.0651 e. The lowest BCUT2D eigenvalue weighted by Crippen LogP contribution is -2.06. The fourth-order valence-corrected chi connectivity index (χ4v) is 2.14. The van der Waals surface area contributed by atoms with Crippen molar-refractivity contribution in [2.75, 3.05) is 0 Å². The van der Waals surface area contributed by atoms with Crippen LogP contribution in [0.2, 0.25) is 0 Å². The summed E-state index contributed by atoms with van der Waals surface area (Å²) in [6, 6.07) is 0. The maximum Gasteiger partial charge on any atom is -0.0417 e. The SMILES string of the molecule is CCC1CCCCC(C)CC1. The van der Waals surface area contributed by atoms with Crippen molar-refractivity contribution in [1.29, 1.82) is 0 Å². The zero-order valence-electron chi connectivity index (χ0n) is 8.10. The Bertz CT molecular complexity index is 96.2. The molecule has 0 aromatic rings. The molecule has 2 atom stereocenters. The highest BCUT2D eigenvalue weighted by Gasteiger charge is 2.12. The van der Waals surface area contributed by atoms with Crippen LogP contribution in [0.5, 0.6) is 0 Å². The van der Waals surface area contributed by atoms with Gasteiger partial charge in [-0.1, -0.05) is 58.8 Å². The predicted octanol–water partition coefficient (Wildman–Crippen LogP) is 4.00. The first-order chi connectivity index (χ1) is 5.33. The highest BCUT2D eigenvalue weighted by atomic mass is 14.2. The second-order valence-corrected chi connectivity index (χ2v) is 4.24. The van der Waals surface area contributed by atoms with Crippen LogP contribution in [0.4, 0.5) is 0 Å². The maximum absolute atomic E-state index is 2.41. The van der Waals surface area contributed by atoms with E-state index >= 15 is 0 Å². The van der Waals surface area contributed by atoms with Crippen LogP contribution in [-0.2, 0) is 0 Å². The normalized spacial score (nSPS) is 34.4. The van der Waals surface area contributed by atoms with Crippen molar-refractivity contribution in [3.05, 3.63) is 0 Å². The van der Waals surface area contributed by atoms with Crippen LogP contribution in [0.1, 0.15) is 58.8 Å². The fraction of sp³-hybridized carbons (Fsp3) is 1.00. The van der Waals surface area contributed by atoms with E-state index in [0.29, 0.717) is 0 Å². The molecule has 1 rings (SSSR count). The van der Waals surface area contributed by atoms with Gasteiger partial charge < -0.3 is 0 Å². The van der Waals surface area contributed by atoms with E-state index in [9.17, 15) is 0 Å². The summed E-state index contributed by atoms with van der Waals surface area (Å²) in [5.41, 5.74) is 0. The first-order valence-corrected chi connectivity index (χ1v) is 5.33. The van der Waals surface area contributed by atoms with Crippen molar-refractivity contribution in [1.82, 2.24) is 0 Å². The second kappa shape index (κ2) is 4.79. The van der Waals surface area contributed by atoms with Crippen LogP contribution >= 0.6 is 0 Å². The van der Waals surface area contributed by atoms with Gasteiger partial charge in [0, 0.05) is 0 Å². The molecule has 0 nitrogen and oxygen atoms in total. The van der Waals surface area contributed by atoms with Crippen LogP contribution in [0.25, 0.3) is 0 Å². The third-order valence-corrected chi connectivity index (χ3v) is 3.20. The Labute approximate surface area is 71.4 Å². The zero-order chi connectivity index (χ0) is 8.10. The first kappa shape index (κ1) is 9.09. The van der Waals surface area contributed by atoms with E-state index in [1.54, 1.807) is 0 Å². The molecule has 0 heteroatoms. The Morgan fingerprint density at radius 3 is 2.45 bits per heavy atom. The minimum absolute atomic E-state index is 1.00. The van der Waals surface area contributed by atoms with Crippen LogP contribution in [0.15, 0.2) is 0 Å². The van der Waals surface area contributed by atoms with Crippen LogP contribution in [0.3, 0.4) is 0 Å². The highest BCUT2D eigenvalue weighted by Crippen LogP contribution is 2.27. The molecule has 66 valence electrons. The van der Waals surface area contributed by atoms with Gasteiger partial charge in [-0.05, 0) is 11.8 Å². The first-order valence-electron chi connectivity index (χ1n) is 5.33. The van der Waals surface area contributed by atoms with Gasteiger partial charge in [0.2, 0.25) is 0 Å². The van der Waals surface area contributed by atoms with Gasteiger partial charge >= 0.3 is 0 Å². The smallest absolute Gasteiger partial charge is 0.0417 e. The summed E-state index contributed by atoms with van der Waals surface area (Å²) in [6.07, 6.45) is 10.4. The molecule has 0 N–H and O–H groups in total. The molecule has 0 aromatic carbocycles. The third-order valence-electron chi connectivity index (χ3n) is 3.20. The molecule has 0 aromatic heterocycles. The van der Waals surface area contributed by atoms with E-state index in [1.165, 1.54) is 44.9 Å². The van der Waals surface area contributed by atoms with Gasteiger partial charge in [-0.2, -0.15) is 0 Å². The van der Waals surface area contributed by atoms with Crippen molar-refractivity contribution >= 4 is 0 Å². The summed E-state index contributed by atoms with van der Waals surface area (Å²) >= 11 is 0. The Hall–Kier alpha value is 0. The molecule has 1 aliphatic carbocycles. The molecule has 0 amide bonds. The summed E-state index contributed by atoms with van der Waals surface area (Å²) in [7, 11) is 0. The molecule has 1 aliphatic rings. The van der Waals surface area contributed by atoms with E-state index in [2.05, 4.69) is 13.8 Å². The monoisotopic (exact) mass is 154 g/mol. The highest BCUT2D eigenvalue weighted by molar-refractivity contribution is 4.65. The summed E-state index contributed by atoms with van der Waals surface area (Å²) in [4.78, 5) is 0. The minimum atomic E-state index is 1.00. The van der Waals surface area contributed by atoms with Crippen molar-refractivity contribution in [2.45, 2.75) is 58.8 Å². The van der Waals surface area contributed by atoms with E-state index in [0.717, 1.165) is 11.8 Å². The lowest BCUT2D eigenvalue weighted by Gasteiger charge is -2.21. The Morgan fingerprint density at radius 1 is 1.00 bits per heavy atom. The Morgan fingerprint density at radius 2 is 1.73 bits per heavy atom. The van der Waals surface area contributed by atoms with E-state index in [-0.39, 0.29) is 0 Å². The molecule has 0 radical (unpaired) electrons. The average Bonchev–Trinajstić information content (AvgIpc) is 1.98. The van der Waals surface area contributed by atoms with Gasteiger partial charge in [-0.3, -0.25) is 0 Å². The average molecular weight is 154 g/mol. The predicted molar refractivity (Wildman–Crippen MR) is 50.6 cm³/mol. The summed E-state index contributed by atoms with van der Waals surface area (Å²) < 4.78 is 0. The number of hydrogen-bond acceptors (Lipinski definition) is 0. The van der Waals surface area contributed by atoms with Gasteiger partial charge in [-0.25, -0.2) is 0 Å². The molecule has 2 unspecified atom stereocenters. The lowest BCUT2D eigenvalue weighted by molar-refractivity contribution is 0.320. The van der Waals surface area contributed by atoms with Gasteiger partial charge in [0.25, 0.3) is 0 Å². The molecular formula is C11H22. The van der Waals surface area contributed by atoms with Gasteiger partial charge in [-0.15, -0.1) is 0 Å². The molecule has 0 heterocycles. The van der Waals surface area contributed by atoms with Gasteiger partial charge in [0.1, 0.15) is 0 Å². The molecular weight excluding hydrogens is 132 g/mol. The van der Waals surface area contributed by atoms with E-state index in [4.69, 9.17) is 0 Å². The fourth-order valence-electron chi connectivity index (χ4n) is 2.14. The molecule has 0 aliphatic heterocycles. The molecule has 1 fully saturated rings. The third kappa shape index (κ3) is 3.27. The van der Waals surface area contributed by atoms with Crippen LogP contribution in [-0.4, -0.2) is 0 Å². The number of hydrogen-bond donors (Lipinski definition) is 0. The van der Waals surface area contributed by atoms with Crippen LogP contribution in [0, 0.1) is 11.8 Å². The van der Waals surface area contributed by atoms with Gasteiger partial charge in [0.15, 0.2) is 0 Å². The topological polar surface area (TPSA) is 0 Å². The van der Waals surface area contributed by atoms with Gasteiger partial charge in [0.05, 0.1) is 0 Å².